The van der Waals surface area contributed by atoms with Gasteiger partial charge in [-0.25, -0.2) is 4.79 Å². The van der Waals surface area contributed by atoms with E-state index in [9.17, 15) is 9.59 Å². The summed E-state index contributed by atoms with van der Waals surface area (Å²) >= 11 is 0. The SMILES string of the molecule is O=C(/C=C/c1ccccc1)Nc1cccc(C(=O)OC2CCCCCCCCCCC2)c1. The average Bonchev–Trinajstić information content (AvgIpc) is 2.80. The fraction of sp³-hybridized carbons (Fsp3) is 0.429. The quantitative estimate of drug-likeness (QED) is 0.402. The van der Waals surface area contributed by atoms with Crippen LogP contribution in [0.4, 0.5) is 5.69 Å². The number of nitrogens with one attached hydrogen (secondary N) is 1. The minimum atomic E-state index is -0.307. The van der Waals surface area contributed by atoms with Gasteiger partial charge in [-0.3, -0.25) is 4.79 Å². The number of amides is 1. The maximum Gasteiger partial charge on any atom is 0.338 e. The van der Waals surface area contributed by atoms with Crippen molar-refractivity contribution in [2.75, 3.05) is 5.32 Å². The fourth-order valence-corrected chi connectivity index (χ4v) is 4.11. The molecule has 0 radical (unpaired) electrons. The van der Waals surface area contributed by atoms with E-state index in [0.29, 0.717) is 11.3 Å². The molecule has 3 rings (SSSR count). The molecule has 2 aromatic rings. The molecule has 1 fully saturated rings. The first kappa shape index (κ1) is 23.8. The van der Waals surface area contributed by atoms with E-state index in [4.69, 9.17) is 4.74 Å². The number of ether oxygens (including phenoxy) is 1. The molecule has 0 atom stereocenters. The van der Waals surface area contributed by atoms with Gasteiger partial charge in [0, 0.05) is 11.8 Å². The molecule has 0 saturated heterocycles. The first-order chi connectivity index (χ1) is 15.7. The number of anilines is 1. The van der Waals surface area contributed by atoms with Crippen molar-refractivity contribution in [3.05, 3.63) is 71.8 Å². The van der Waals surface area contributed by atoms with Crippen molar-refractivity contribution < 1.29 is 14.3 Å². The third-order valence-corrected chi connectivity index (χ3v) is 5.92. The first-order valence-corrected chi connectivity index (χ1v) is 12.1. The minimum Gasteiger partial charge on any atom is -0.459 e. The van der Waals surface area contributed by atoms with Gasteiger partial charge in [-0.05, 0) is 55.5 Å². The molecule has 0 bridgehead atoms. The number of hydrogen-bond donors (Lipinski definition) is 1. The van der Waals surface area contributed by atoms with Crippen LogP contribution < -0.4 is 5.32 Å². The lowest BCUT2D eigenvalue weighted by Gasteiger charge is -2.19. The van der Waals surface area contributed by atoms with E-state index in [0.717, 1.165) is 31.2 Å². The largest absolute Gasteiger partial charge is 0.459 e. The first-order valence-electron chi connectivity index (χ1n) is 12.1. The molecular formula is C28H35NO3. The number of carbonyl (C=O) groups is 2. The highest BCUT2D eigenvalue weighted by Gasteiger charge is 2.17. The summed E-state index contributed by atoms with van der Waals surface area (Å²) in [7, 11) is 0. The Bertz CT molecular complexity index is 863. The Morgan fingerprint density at radius 2 is 1.41 bits per heavy atom. The van der Waals surface area contributed by atoms with Gasteiger partial charge >= 0.3 is 5.97 Å². The lowest BCUT2D eigenvalue weighted by molar-refractivity contribution is -0.111. The van der Waals surface area contributed by atoms with Crippen LogP contribution in [0.3, 0.4) is 0 Å². The van der Waals surface area contributed by atoms with Crippen LogP contribution in [-0.4, -0.2) is 18.0 Å². The van der Waals surface area contributed by atoms with Crippen molar-refractivity contribution in [1.29, 1.82) is 0 Å². The topological polar surface area (TPSA) is 55.4 Å². The molecule has 1 aliphatic carbocycles. The smallest absolute Gasteiger partial charge is 0.338 e. The zero-order chi connectivity index (χ0) is 22.4. The summed E-state index contributed by atoms with van der Waals surface area (Å²) in [5.41, 5.74) is 2.01. The Balaban J connectivity index is 1.54. The molecule has 0 unspecified atom stereocenters. The molecular weight excluding hydrogens is 398 g/mol. The molecule has 1 saturated carbocycles. The second kappa shape index (κ2) is 13.5. The Labute approximate surface area is 192 Å². The summed E-state index contributed by atoms with van der Waals surface area (Å²) in [5, 5.41) is 2.82. The van der Waals surface area contributed by atoms with Gasteiger partial charge in [0.2, 0.25) is 5.91 Å². The number of benzene rings is 2. The number of hydrogen-bond acceptors (Lipinski definition) is 3. The molecule has 1 amide bonds. The fourth-order valence-electron chi connectivity index (χ4n) is 4.11. The minimum absolute atomic E-state index is 0.0195. The lowest BCUT2D eigenvalue weighted by atomic mass is 9.99. The van der Waals surface area contributed by atoms with Crippen LogP contribution >= 0.6 is 0 Å². The molecule has 32 heavy (non-hydrogen) atoms. The third-order valence-electron chi connectivity index (χ3n) is 5.92. The van der Waals surface area contributed by atoms with Gasteiger partial charge < -0.3 is 10.1 Å². The summed E-state index contributed by atoms with van der Waals surface area (Å²) in [4.78, 5) is 25.0. The van der Waals surface area contributed by atoms with Gasteiger partial charge in [0.25, 0.3) is 0 Å². The van der Waals surface area contributed by atoms with Gasteiger partial charge in [-0.15, -0.1) is 0 Å². The van der Waals surface area contributed by atoms with Crippen LogP contribution in [0.1, 0.15) is 86.6 Å². The molecule has 2 aromatic carbocycles. The van der Waals surface area contributed by atoms with Crippen LogP contribution in [0.15, 0.2) is 60.7 Å². The summed E-state index contributed by atoms with van der Waals surface area (Å²) in [6.07, 6.45) is 16.3. The van der Waals surface area contributed by atoms with Gasteiger partial charge in [0.15, 0.2) is 0 Å². The number of rotatable bonds is 5. The second-order valence-electron chi connectivity index (χ2n) is 8.60. The summed E-state index contributed by atoms with van der Waals surface area (Å²) in [6, 6.07) is 16.6. The highest BCUT2D eigenvalue weighted by molar-refractivity contribution is 6.02. The predicted molar refractivity (Wildman–Crippen MR) is 131 cm³/mol. The highest BCUT2D eigenvalue weighted by atomic mass is 16.5. The molecule has 0 spiro atoms. The molecule has 0 aromatic heterocycles. The van der Waals surface area contributed by atoms with Gasteiger partial charge in [-0.2, -0.15) is 0 Å². The molecule has 4 heteroatoms. The average molecular weight is 434 g/mol. The van der Waals surface area contributed by atoms with Crippen LogP contribution in [0, 0.1) is 0 Å². The van der Waals surface area contributed by atoms with E-state index in [-0.39, 0.29) is 18.0 Å². The highest BCUT2D eigenvalue weighted by Crippen LogP contribution is 2.21. The van der Waals surface area contributed by atoms with Crippen LogP contribution in [0.5, 0.6) is 0 Å². The summed E-state index contributed by atoms with van der Waals surface area (Å²) < 4.78 is 5.88. The van der Waals surface area contributed by atoms with Crippen LogP contribution in [0.2, 0.25) is 0 Å². The standard InChI is InChI=1S/C28H35NO3/c30-27(21-20-23-14-9-8-10-15-23)29-25-17-13-16-24(22-25)28(31)32-26-18-11-6-4-2-1-3-5-7-12-19-26/h8-10,13-17,20-22,26H,1-7,11-12,18-19H2,(H,29,30)/b21-20+. The molecule has 1 N–H and O–H groups in total. The zero-order valence-corrected chi connectivity index (χ0v) is 18.9. The Kier molecular flexibility index (Phi) is 10.0. The van der Waals surface area contributed by atoms with Crippen LogP contribution in [0.25, 0.3) is 6.08 Å². The van der Waals surface area contributed by atoms with E-state index in [1.807, 2.05) is 30.3 Å². The van der Waals surface area contributed by atoms with E-state index in [1.54, 1.807) is 30.3 Å². The molecule has 170 valence electrons. The van der Waals surface area contributed by atoms with E-state index in [1.165, 1.54) is 51.0 Å². The van der Waals surface area contributed by atoms with Gasteiger partial charge in [0.1, 0.15) is 6.10 Å². The van der Waals surface area contributed by atoms with Gasteiger partial charge in [0.05, 0.1) is 5.56 Å². The summed E-state index contributed by atoms with van der Waals surface area (Å²) in [5.74, 6) is -0.545. The van der Waals surface area contributed by atoms with E-state index in [2.05, 4.69) is 5.32 Å². The Morgan fingerprint density at radius 3 is 2.06 bits per heavy atom. The second-order valence-corrected chi connectivity index (χ2v) is 8.60. The zero-order valence-electron chi connectivity index (χ0n) is 18.9. The van der Waals surface area contributed by atoms with E-state index >= 15 is 0 Å². The van der Waals surface area contributed by atoms with Crippen molar-refractivity contribution in [2.24, 2.45) is 0 Å². The Morgan fingerprint density at radius 1 is 0.781 bits per heavy atom. The predicted octanol–water partition coefficient (Wildman–Crippen LogP) is 7.17. The third kappa shape index (κ3) is 8.70. The molecule has 4 nitrogen and oxygen atoms in total. The lowest BCUT2D eigenvalue weighted by Crippen LogP contribution is -2.19. The van der Waals surface area contributed by atoms with Gasteiger partial charge in [-0.1, -0.05) is 81.3 Å². The molecule has 0 aliphatic heterocycles. The monoisotopic (exact) mass is 433 g/mol. The van der Waals surface area contributed by atoms with Crippen LogP contribution in [-0.2, 0) is 9.53 Å². The normalized spacial score (nSPS) is 16.6. The maximum atomic E-state index is 12.8. The molecule has 1 aliphatic rings. The van der Waals surface area contributed by atoms with Crippen molar-refractivity contribution in [2.45, 2.75) is 76.7 Å². The number of carbonyl (C=O) groups excluding carboxylic acids is 2. The van der Waals surface area contributed by atoms with E-state index < -0.39 is 0 Å². The molecule has 0 heterocycles. The van der Waals surface area contributed by atoms with Crippen molar-refractivity contribution in [3.8, 4) is 0 Å². The van der Waals surface area contributed by atoms with Crippen molar-refractivity contribution >= 4 is 23.6 Å². The van der Waals surface area contributed by atoms with Crippen molar-refractivity contribution in [1.82, 2.24) is 0 Å². The Hall–Kier alpha value is -2.88. The maximum absolute atomic E-state index is 12.8. The number of esters is 1. The summed E-state index contributed by atoms with van der Waals surface area (Å²) in [6.45, 7) is 0. The van der Waals surface area contributed by atoms with Crippen molar-refractivity contribution in [3.63, 3.8) is 0 Å².